The molecule has 0 spiro atoms. The fourth-order valence-corrected chi connectivity index (χ4v) is 2.43. The van der Waals surface area contributed by atoms with Crippen molar-refractivity contribution in [2.24, 2.45) is 5.10 Å². The van der Waals surface area contributed by atoms with Gasteiger partial charge in [-0.2, -0.15) is 5.10 Å². The molecule has 2 N–H and O–H groups in total. The van der Waals surface area contributed by atoms with E-state index in [0.29, 0.717) is 23.5 Å². The Morgan fingerprint density at radius 3 is 2.63 bits per heavy atom. The molecule has 27 heavy (non-hydrogen) atoms. The summed E-state index contributed by atoms with van der Waals surface area (Å²) in [5.74, 6) is 0.830. The number of hydrogen-bond donors (Lipinski definition) is 2. The van der Waals surface area contributed by atoms with E-state index < -0.39 is 0 Å². The van der Waals surface area contributed by atoms with Crippen LogP contribution in [0.2, 0.25) is 0 Å². The molecule has 0 unspecified atom stereocenters. The number of unbranched alkanes of at least 4 members (excludes halogenated alkanes) is 3. The first-order valence-corrected chi connectivity index (χ1v) is 9.07. The van der Waals surface area contributed by atoms with Crippen molar-refractivity contribution in [2.45, 2.75) is 32.6 Å². The Balaban J connectivity index is 1.83. The quantitative estimate of drug-likeness (QED) is 0.374. The summed E-state index contributed by atoms with van der Waals surface area (Å²) in [6.45, 7) is 2.86. The first-order valence-electron chi connectivity index (χ1n) is 9.07. The molecule has 0 aromatic heterocycles. The van der Waals surface area contributed by atoms with E-state index in [-0.39, 0.29) is 11.7 Å². The molecule has 2 aromatic carbocycles. The SMILES string of the molecule is CCCCCCOc1ccc(C(=O)N/N=C/c2ccc(O)c(OC)c2)cc1. The number of phenolic OH excluding ortho intramolecular Hbond substituents is 1. The van der Waals surface area contributed by atoms with Gasteiger partial charge in [0, 0.05) is 5.56 Å². The Bertz CT molecular complexity index is 757. The first-order chi connectivity index (χ1) is 13.1. The maximum absolute atomic E-state index is 12.1. The van der Waals surface area contributed by atoms with Crippen molar-refractivity contribution in [3.05, 3.63) is 53.6 Å². The molecule has 0 aliphatic rings. The molecule has 0 radical (unpaired) electrons. The average Bonchev–Trinajstić information content (AvgIpc) is 2.69. The number of carbonyl (C=O) groups is 1. The van der Waals surface area contributed by atoms with Gasteiger partial charge in [-0.05, 0) is 54.4 Å². The van der Waals surface area contributed by atoms with Gasteiger partial charge in [0.1, 0.15) is 5.75 Å². The number of ether oxygens (including phenoxy) is 2. The number of hydrazone groups is 1. The van der Waals surface area contributed by atoms with E-state index >= 15 is 0 Å². The van der Waals surface area contributed by atoms with Crippen LogP contribution in [0.25, 0.3) is 0 Å². The molecule has 6 heteroatoms. The third-order valence-electron chi connectivity index (χ3n) is 3.97. The Morgan fingerprint density at radius 1 is 1.15 bits per heavy atom. The maximum Gasteiger partial charge on any atom is 0.271 e. The van der Waals surface area contributed by atoms with Crippen molar-refractivity contribution in [1.82, 2.24) is 5.43 Å². The van der Waals surface area contributed by atoms with E-state index in [1.807, 2.05) is 0 Å². The van der Waals surface area contributed by atoms with E-state index in [2.05, 4.69) is 17.5 Å². The fraction of sp³-hybridized carbons (Fsp3) is 0.333. The normalized spacial score (nSPS) is 10.7. The first kappa shape index (κ1) is 20.3. The van der Waals surface area contributed by atoms with E-state index in [9.17, 15) is 9.90 Å². The Labute approximate surface area is 159 Å². The fourth-order valence-electron chi connectivity index (χ4n) is 2.43. The highest BCUT2D eigenvalue weighted by Crippen LogP contribution is 2.25. The summed E-state index contributed by atoms with van der Waals surface area (Å²) in [6, 6.07) is 11.8. The summed E-state index contributed by atoms with van der Waals surface area (Å²) in [4.78, 5) is 12.1. The molecule has 0 fully saturated rings. The van der Waals surface area contributed by atoms with Crippen LogP contribution in [0.5, 0.6) is 17.2 Å². The lowest BCUT2D eigenvalue weighted by atomic mass is 10.2. The topological polar surface area (TPSA) is 80.2 Å². The molecule has 1 amide bonds. The third kappa shape index (κ3) is 6.66. The van der Waals surface area contributed by atoms with Crippen LogP contribution in [-0.4, -0.2) is 30.9 Å². The lowest BCUT2D eigenvalue weighted by molar-refractivity contribution is 0.0955. The molecule has 0 atom stereocenters. The van der Waals surface area contributed by atoms with Crippen molar-refractivity contribution in [1.29, 1.82) is 0 Å². The number of benzene rings is 2. The predicted octanol–water partition coefficient (Wildman–Crippen LogP) is 4.12. The highest BCUT2D eigenvalue weighted by Gasteiger charge is 2.05. The van der Waals surface area contributed by atoms with Gasteiger partial charge >= 0.3 is 0 Å². The minimum Gasteiger partial charge on any atom is -0.504 e. The van der Waals surface area contributed by atoms with Gasteiger partial charge in [0.25, 0.3) is 5.91 Å². The van der Waals surface area contributed by atoms with Gasteiger partial charge in [-0.25, -0.2) is 5.43 Å². The van der Waals surface area contributed by atoms with Gasteiger partial charge < -0.3 is 14.6 Å². The number of hydrogen-bond acceptors (Lipinski definition) is 5. The zero-order chi connectivity index (χ0) is 19.5. The van der Waals surface area contributed by atoms with Crippen molar-refractivity contribution < 1.29 is 19.4 Å². The number of nitrogens with zero attached hydrogens (tertiary/aromatic N) is 1. The molecule has 144 valence electrons. The molecule has 2 rings (SSSR count). The number of aromatic hydroxyl groups is 1. The number of nitrogens with one attached hydrogen (secondary N) is 1. The maximum atomic E-state index is 12.1. The molecular weight excluding hydrogens is 344 g/mol. The van der Waals surface area contributed by atoms with Crippen LogP contribution in [0, 0.1) is 0 Å². The van der Waals surface area contributed by atoms with Crippen LogP contribution in [0.15, 0.2) is 47.6 Å². The largest absolute Gasteiger partial charge is 0.504 e. The molecule has 0 saturated carbocycles. The molecular formula is C21H26N2O4. The third-order valence-corrected chi connectivity index (χ3v) is 3.97. The van der Waals surface area contributed by atoms with Crippen LogP contribution >= 0.6 is 0 Å². The molecule has 0 bridgehead atoms. The summed E-state index contributed by atoms with van der Waals surface area (Å²) in [6.07, 6.45) is 6.11. The van der Waals surface area contributed by atoms with Crippen LogP contribution in [0.3, 0.4) is 0 Å². The van der Waals surface area contributed by atoms with Crippen LogP contribution < -0.4 is 14.9 Å². The van der Waals surface area contributed by atoms with E-state index in [4.69, 9.17) is 9.47 Å². The Kier molecular flexibility index (Phi) is 8.16. The van der Waals surface area contributed by atoms with Crippen molar-refractivity contribution in [3.63, 3.8) is 0 Å². The van der Waals surface area contributed by atoms with Crippen molar-refractivity contribution >= 4 is 12.1 Å². The number of methoxy groups -OCH3 is 1. The number of carbonyl (C=O) groups excluding carboxylic acids is 1. The number of rotatable bonds is 10. The van der Waals surface area contributed by atoms with Crippen LogP contribution in [0.1, 0.15) is 48.5 Å². The monoisotopic (exact) mass is 370 g/mol. The van der Waals surface area contributed by atoms with E-state index in [1.54, 1.807) is 36.4 Å². The van der Waals surface area contributed by atoms with Gasteiger partial charge in [-0.1, -0.05) is 26.2 Å². The second-order valence-corrected chi connectivity index (χ2v) is 6.06. The summed E-state index contributed by atoms with van der Waals surface area (Å²) in [7, 11) is 1.47. The highest BCUT2D eigenvalue weighted by molar-refractivity contribution is 5.95. The standard InChI is InChI=1S/C21H26N2O4/c1-3-4-5-6-13-27-18-10-8-17(9-11-18)21(25)23-22-15-16-7-12-19(24)20(14-16)26-2/h7-12,14-15,24H,3-6,13H2,1-2H3,(H,23,25)/b22-15+. The summed E-state index contributed by atoms with van der Waals surface area (Å²) < 4.78 is 10.7. The lowest BCUT2D eigenvalue weighted by Gasteiger charge is -2.06. The van der Waals surface area contributed by atoms with E-state index in [1.165, 1.54) is 38.7 Å². The molecule has 0 aliphatic carbocycles. The van der Waals surface area contributed by atoms with Gasteiger partial charge in [-0.15, -0.1) is 0 Å². The summed E-state index contributed by atoms with van der Waals surface area (Å²) >= 11 is 0. The molecule has 6 nitrogen and oxygen atoms in total. The molecule has 0 aliphatic heterocycles. The zero-order valence-corrected chi connectivity index (χ0v) is 15.8. The van der Waals surface area contributed by atoms with Gasteiger partial charge in [0.2, 0.25) is 0 Å². The van der Waals surface area contributed by atoms with Crippen LogP contribution in [0.4, 0.5) is 0 Å². The van der Waals surface area contributed by atoms with Crippen molar-refractivity contribution in [2.75, 3.05) is 13.7 Å². The number of amides is 1. The summed E-state index contributed by atoms with van der Waals surface area (Å²) in [5, 5.41) is 13.5. The molecule has 0 heterocycles. The second kappa shape index (κ2) is 10.9. The Hall–Kier alpha value is -3.02. The number of phenols is 1. The smallest absolute Gasteiger partial charge is 0.271 e. The minimum atomic E-state index is -0.313. The summed E-state index contributed by atoms with van der Waals surface area (Å²) in [5.41, 5.74) is 3.66. The molecule has 0 saturated heterocycles. The average molecular weight is 370 g/mol. The minimum absolute atomic E-state index is 0.0476. The molecule has 2 aromatic rings. The van der Waals surface area contributed by atoms with Crippen LogP contribution in [-0.2, 0) is 0 Å². The van der Waals surface area contributed by atoms with Crippen molar-refractivity contribution in [3.8, 4) is 17.2 Å². The van der Waals surface area contributed by atoms with E-state index in [0.717, 1.165) is 12.2 Å². The highest BCUT2D eigenvalue weighted by atomic mass is 16.5. The second-order valence-electron chi connectivity index (χ2n) is 6.06. The predicted molar refractivity (Wildman–Crippen MR) is 106 cm³/mol. The van der Waals surface area contributed by atoms with Gasteiger partial charge in [0.05, 0.1) is 19.9 Å². The Morgan fingerprint density at radius 2 is 1.93 bits per heavy atom. The van der Waals surface area contributed by atoms with Gasteiger partial charge in [-0.3, -0.25) is 4.79 Å². The lowest BCUT2D eigenvalue weighted by Crippen LogP contribution is -2.17. The van der Waals surface area contributed by atoms with Gasteiger partial charge in [0.15, 0.2) is 11.5 Å². The zero-order valence-electron chi connectivity index (χ0n) is 15.8.